The highest BCUT2D eigenvalue weighted by atomic mass is 79.9. The molecule has 0 unspecified atom stereocenters. The van der Waals surface area contributed by atoms with Crippen molar-refractivity contribution in [3.63, 3.8) is 0 Å². The van der Waals surface area contributed by atoms with Crippen LogP contribution in [0.5, 0.6) is 17.2 Å². The van der Waals surface area contributed by atoms with Gasteiger partial charge in [0.25, 0.3) is 5.91 Å². The Hall–Kier alpha value is -2.25. The second-order valence-electron chi connectivity index (χ2n) is 5.23. The molecule has 0 aliphatic carbocycles. The van der Waals surface area contributed by atoms with Crippen LogP contribution in [0.4, 0.5) is 0 Å². The molecule has 0 aliphatic rings. The number of rotatable bonds is 7. The van der Waals surface area contributed by atoms with Crippen molar-refractivity contribution in [3.05, 3.63) is 51.0 Å². The van der Waals surface area contributed by atoms with E-state index in [9.17, 15) is 4.79 Å². The predicted octanol–water partition coefficient (Wildman–Crippen LogP) is 3.96. The van der Waals surface area contributed by atoms with Crippen molar-refractivity contribution in [2.45, 2.75) is 6.92 Å². The van der Waals surface area contributed by atoms with E-state index in [2.05, 4.69) is 26.5 Å². The van der Waals surface area contributed by atoms with E-state index in [0.717, 1.165) is 11.1 Å². The van der Waals surface area contributed by atoms with Gasteiger partial charge < -0.3 is 14.2 Å². The molecule has 0 aromatic heterocycles. The first kappa shape index (κ1) is 20.1. The Kier molecular flexibility index (Phi) is 7.29. The van der Waals surface area contributed by atoms with Crippen molar-refractivity contribution < 1.29 is 19.0 Å². The van der Waals surface area contributed by atoms with Gasteiger partial charge in [-0.15, -0.1) is 0 Å². The van der Waals surface area contributed by atoms with Gasteiger partial charge in [-0.3, -0.25) is 4.79 Å². The number of hydrogen-bond acceptors (Lipinski definition) is 5. The molecule has 1 N–H and O–H groups in total. The van der Waals surface area contributed by atoms with E-state index in [-0.39, 0.29) is 12.5 Å². The van der Waals surface area contributed by atoms with E-state index in [0.29, 0.717) is 26.7 Å². The summed E-state index contributed by atoms with van der Waals surface area (Å²) < 4.78 is 16.6. The summed E-state index contributed by atoms with van der Waals surface area (Å²) in [6.07, 6.45) is 1.50. The smallest absolute Gasteiger partial charge is 0.277 e. The molecule has 26 heavy (non-hydrogen) atoms. The summed E-state index contributed by atoms with van der Waals surface area (Å²) in [4.78, 5) is 11.8. The van der Waals surface area contributed by atoms with Crippen molar-refractivity contribution in [1.82, 2.24) is 5.43 Å². The van der Waals surface area contributed by atoms with Gasteiger partial charge >= 0.3 is 0 Å². The molecular weight excluding hydrogens is 424 g/mol. The largest absolute Gasteiger partial charge is 0.493 e. The van der Waals surface area contributed by atoms with Crippen LogP contribution in [0.2, 0.25) is 5.02 Å². The van der Waals surface area contributed by atoms with Gasteiger partial charge in [0.2, 0.25) is 0 Å². The van der Waals surface area contributed by atoms with Gasteiger partial charge in [-0.05, 0) is 64.3 Å². The first-order chi connectivity index (χ1) is 12.4. The number of carbonyl (C=O) groups excluding carboxylic acids is 1. The van der Waals surface area contributed by atoms with Crippen molar-refractivity contribution in [2.24, 2.45) is 5.10 Å². The zero-order chi connectivity index (χ0) is 19.1. The number of aryl methyl sites for hydroxylation is 1. The van der Waals surface area contributed by atoms with Gasteiger partial charge in [-0.2, -0.15) is 5.10 Å². The van der Waals surface area contributed by atoms with Crippen LogP contribution in [0.15, 0.2) is 39.9 Å². The number of carbonyl (C=O) groups is 1. The minimum absolute atomic E-state index is 0.159. The predicted molar refractivity (Wildman–Crippen MR) is 105 cm³/mol. The molecule has 8 heteroatoms. The van der Waals surface area contributed by atoms with E-state index >= 15 is 0 Å². The number of hydrazone groups is 1. The minimum atomic E-state index is -0.381. The molecule has 6 nitrogen and oxygen atoms in total. The highest BCUT2D eigenvalue weighted by Crippen LogP contribution is 2.35. The molecule has 0 heterocycles. The molecular formula is C18H18BrClN2O4. The summed E-state index contributed by atoms with van der Waals surface area (Å²) in [7, 11) is 3.10. The molecule has 1 amide bonds. The number of halogens is 2. The van der Waals surface area contributed by atoms with Crippen LogP contribution in [0.3, 0.4) is 0 Å². The average Bonchev–Trinajstić information content (AvgIpc) is 2.62. The molecule has 0 spiro atoms. The van der Waals surface area contributed by atoms with Gasteiger partial charge in [0.05, 0.1) is 24.9 Å². The Morgan fingerprint density at radius 3 is 2.69 bits per heavy atom. The van der Waals surface area contributed by atoms with Crippen molar-refractivity contribution in [1.29, 1.82) is 0 Å². The zero-order valence-electron chi connectivity index (χ0n) is 14.5. The number of amides is 1. The van der Waals surface area contributed by atoms with Crippen LogP contribution in [-0.2, 0) is 4.79 Å². The molecule has 0 fully saturated rings. The lowest BCUT2D eigenvalue weighted by Crippen LogP contribution is -2.24. The van der Waals surface area contributed by atoms with E-state index in [1.165, 1.54) is 6.21 Å². The second kappa shape index (κ2) is 9.45. The minimum Gasteiger partial charge on any atom is -0.493 e. The van der Waals surface area contributed by atoms with Crippen LogP contribution < -0.4 is 19.6 Å². The molecule has 0 aliphatic heterocycles. The number of hydrogen-bond donors (Lipinski definition) is 1. The fraction of sp³-hybridized carbons (Fsp3) is 0.222. The number of methoxy groups -OCH3 is 2. The molecule has 0 atom stereocenters. The summed E-state index contributed by atoms with van der Waals surface area (Å²) in [6.45, 7) is 1.70. The van der Waals surface area contributed by atoms with Crippen molar-refractivity contribution >= 4 is 39.7 Å². The monoisotopic (exact) mass is 440 g/mol. The third-order valence-corrected chi connectivity index (χ3v) is 4.37. The first-order valence-corrected chi connectivity index (χ1v) is 8.74. The molecule has 2 aromatic rings. The first-order valence-electron chi connectivity index (χ1n) is 7.57. The summed E-state index contributed by atoms with van der Waals surface area (Å²) in [5, 5.41) is 4.56. The van der Waals surface area contributed by atoms with Gasteiger partial charge in [0.1, 0.15) is 5.75 Å². The topological polar surface area (TPSA) is 69.2 Å². The van der Waals surface area contributed by atoms with Crippen LogP contribution >= 0.6 is 27.5 Å². The van der Waals surface area contributed by atoms with E-state index in [4.69, 9.17) is 25.8 Å². The SMILES string of the molecule is COc1cc(/C=N\NC(=O)COc2ccc(Cl)c(C)c2)cc(Br)c1OC. The van der Waals surface area contributed by atoms with E-state index < -0.39 is 0 Å². The molecule has 138 valence electrons. The number of benzene rings is 2. The van der Waals surface area contributed by atoms with Crippen LogP contribution in [0.25, 0.3) is 0 Å². The highest BCUT2D eigenvalue weighted by Gasteiger charge is 2.09. The summed E-state index contributed by atoms with van der Waals surface area (Å²) >= 11 is 9.35. The zero-order valence-corrected chi connectivity index (χ0v) is 16.8. The van der Waals surface area contributed by atoms with Crippen molar-refractivity contribution in [2.75, 3.05) is 20.8 Å². The van der Waals surface area contributed by atoms with Crippen LogP contribution in [0, 0.1) is 6.92 Å². The van der Waals surface area contributed by atoms with Crippen LogP contribution in [-0.4, -0.2) is 32.9 Å². The Morgan fingerprint density at radius 1 is 1.27 bits per heavy atom. The van der Waals surface area contributed by atoms with E-state index in [1.807, 2.05) is 6.92 Å². The molecule has 2 aromatic carbocycles. The Labute approximate surface area is 165 Å². The lowest BCUT2D eigenvalue weighted by atomic mass is 10.2. The lowest BCUT2D eigenvalue weighted by molar-refractivity contribution is -0.123. The molecule has 0 radical (unpaired) electrons. The quantitative estimate of drug-likeness (QED) is 0.522. The Balaban J connectivity index is 1.92. The number of nitrogens with one attached hydrogen (secondary N) is 1. The highest BCUT2D eigenvalue weighted by molar-refractivity contribution is 9.10. The normalized spacial score (nSPS) is 10.7. The number of nitrogens with zero attached hydrogens (tertiary/aromatic N) is 1. The lowest BCUT2D eigenvalue weighted by Gasteiger charge is -2.10. The second-order valence-corrected chi connectivity index (χ2v) is 6.49. The Morgan fingerprint density at radius 2 is 2.04 bits per heavy atom. The molecule has 2 rings (SSSR count). The molecule has 0 saturated heterocycles. The maximum Gasteiger partial charge on any atom is 0.277 e. The number of ether oxygens (including phenoxy) is 3. The summed E-state index contributed by atoms with van der Waals surface area (Å²) in [5.41, 5.74) is 4.01. The fourth-order valence-electron chi connectivity index (χ4n) is 2.08. The third-order valence-electron chi connectivity index (χ3n) is 3.36. The molecule has 0 saturated carbocycles. The maximum atomic E-state index is 11.8. The summed E-state index contributed by atoms with van der Waals surface area (Å²) in [5.74, 6) is 1.32. The van der Waals surface area contributed by atoms with Crippen molar-refractivity contribution in [3.8, 4) is 17.2 Å². The third kappa shape index (κ3) is 5.37. The maximum absolute atomic E-state index is 11.8. The molecule has 0 bridgehead atoms. The van der Waals surface area contributed by atoms with E-state index in [1.54, 1.807) is 44.6 Å². The van der Waals surface area contributed by atoms with Gasteiger partial charge in [-0.25, -0.2) is 5.43 Å². The fourth-order valence-corrected chi connectivity index (χ4v) is 2.82. The van der Waals surface area contributed by atoms with Crippen LogP contribution in [0.1, 0.15) is 11.1 Å². The van der Waals surface area contributed by atoms with Gasteiger partial charge in [0, 0.05) is 5.02 Å². The summed E-state index contributed by atoms with van der Waals surface area (Å²) in [6, 6.07) is 8.72. The average molecular weight is 442 g/mol. The van der Waals surface area contributed by atoms with Gasteiger partial charge in [-0.1, -0.05) is 11.6 Å². The van der Waals surface area contributed by atoms with Gasteiger partial charge in [0.15, 0.2) is 18.1 Å². The Bertz CT molecular complexity index is 827. The standard InChI is InChI=1S/C18H18BrClN2O4/c1-11-6-13(4-5-15(11)20)26-10-17(23)22-21-9-12-7-14(19)18(25-3)16(8-12)24-2/h4-9H,10H2,1-3H3,(H,22,23)/b21-9-.